The molecule has 0 spiro atoms. The Kier molecular flexibility index (Phi) is 2.07. The monoisotopic (exact) mass is 245 g/mol. The topological polar surface area (TPSA) is 78.9 Å². The third-order valence-electron chi connectivity index (χ3n) is 2.82. The Balaban J connectivity index is 2.68. The molecular formula is C12H8FN3O2. The highest BCUT2D eigenvalue weighted by atomic mass is 19.1. The van der Waals surface area contributed by atoms with E-state index < -0.39 is 11.4 Å². The van der Waals surface area contributed by atoms with Crippen molar-refractivity contribution in [3.63, 3.8) is 0 Å². The van der Waals surface area contributed by atoms with E-state index in [1.165, 1.54) is 25.1 Å². The van der Waals surface area contributed by atoms with Gasteiger partial charge in [-0.05, 0) is 25.1 Å². The highest BCUT2D eigenvalue weighted by Gasteiger charge is 2.17. The van der Waals surface area contributed by atoms with Crippen LogP contribution in [0.4, 0.5) is 4.39 Å². The number of aromatic amines is 1. The van der Waals surface area contributed by atoms with Crippen molar-refractivity contribution < 1.29 is 9.50 Å². The van der Waals surface area contributed by atoms with Crippen molar-refractivity contribution in [1.29, 1.82) is 0 Å². The van der Waals surface area contributed by atoms with E-state index in [2.05, 4.69) is 15.2 Å². The van der Waals surface area contributed by atoms with Gasteiger partial charge in [0.05, 0.1) is 21.9 Å². The molecule has 2 aliphatic heterocycles. The fraction of sp³-hybridized carbons (Fsp3) is 0.0833. The molecule has 2 aliphatic rings. The van der Waals surface area contributed by atoms with E-state index in [1.807, 2.05) is 0 Å². The van der Waals surface area contributed by atoms with Crippen molar-refractivity contribution in [3.05, 3.63) is 39.7 Å². The third-order valence-corrected chi connectivity index (χ3v) is 2.82. The summed E-state index contributed by atoms with van der Waals surface area (Å²) in [7, 11) is 0. The summed E-state index contributed by atoms with van der Waals surface area (Å²) in [5.41, 5.74) is 0.389. The smallest absolute Gasteiger partial charge is 0.296 e. The summed E-state index contributed by atoms with van der Waals surface area (Å²) in [6.07, 6.45) is 0. The van der Waals surface area contributed by atoms with Crippen LogP contribution in [-0.4, -0.2) is 20.3 Å². The molecule has 0 aromatic heterocycles. The lowest BCUT2D eigenvalue weighted by molar-refractivity contribution is 0.496. The highest BCUT2D eigenvalue weighted by molar-refractivity contribution is 5.93. The summed E-state index contributed by atoms with van der Waals surface area (Å²) in [6, 6.07) is 4.09. The third kappa shape index (κ3) is 1.35. The van der Waals surface area contributed by atoms with Crippen molar-refractivity contribution in [2.45, 2.75) is 6.92 Å². The summed E-state index contributed by atoms with van der Waals surface area (Å²) in [4.78, 5) is 14.3. The molecule has 1 aromatic rings. The molecule has 1 aromatic carbocycles. The second kappa shape index (κ2) is 3.49. The van der Waals surface area contributed by atoms with Crippen LogP contribution in [0.1, 0.15) is 6.92 Å². The Morgan fingerprint density at radius 3 is 2.89 bits per heavy atom. The van der Waals surface area contributed by atoms with Crippen LogP contribution in [0.2, 0.25) is 0 Å². The maximum absolute atomic E-state index is 13.8. The maximum Gasteiger partial charge on any atom is 0.296 e. The van der Waals surface area contributed by atoms with Gasteiger partial charge in [0.15, 0.2) is 0 Å². The van der Waals surface area contributed by atoms with Crippen molar-refractivity contribution in [1.82, 2.24) is 15.2 Å². The summed E-state index contributed by atoms with van der Waals surface area (Å²) < 4.78 is 13.8. The van der Waals surface area contributed by atoms with Crippen LogP contribution >= 0.6 is 0 Å². The van der Waals surface area contributed by atoms with E-state index >= 15 is 0 Å². The normalized spacial score (nSPS) is 13.2. The van der Waals surface area contributed by atoms with Crippen molar-refractivity contribution in [2.24, 2.45) is 0 Å². The number of rotatable bonds is 0. The van der Waals surface area contributed by atoms with Gasteiger partial charge >= 0.3 is 0 Å². The molecule has 2 N–H and O–H groups in total. The number of halogens is 1. The zero-order valence-electron chi connectivity index (χ0n) is 9.36. The van der Waals surface area contributed by atoms with Crippen LogP contribution in [0.15, 0.2) is 23.0 Å². The molecule has 0 saturated carbocycles. The predicted molar refractivity (Wildman–Crippen MR) is 63.7 cm³/mol. The maximum atomic E-state index is 13.8. The quantitative estimate of drug-likeness (QED) is 0.618. The van der Waals surface area contributed by atoms with Crippen LogP contribution in [0.5, 0.6) is 0 Å². The van der Waals surface area contributed by atoms with Gasteiger partial charge < -0.3 is 10.1 Å². The first-order chi connectivity index (χ1) is 8.58. The molecule has 0 bridgehead atoms. The molecule has 0 saturated heterocycles. The number of H-pyrrole nitrogens is 1. The van der Waals surface area contributed by atoms with E-state index in [0.29, 0.717) is 22.0 Å². The van der Waals surface area contributed by atoms with Gasteiger partial charge in [-0.2, -0.15) is 0 Å². The average molecular weight is 245 g/mol. The molecule has 18 heavy (non-hydrogen) atoms. The first-order valence-electron chi connectivity index (χ1n) is 5.25. The Bertz CT molecular complexity index is 837. The van der Waals surface area contributed by atoms with Crippen molar-refractivity contribution >= 4 is 16.7 Å². The molecule has 3 rings (SSSR count). The summed E-state index contributed by atoms with van der Waals surface area (Å²) in [5, 5.41) is 17.3. The van der Waals surface area contributed by atoms with Crippen LogP contribution in [0.3, 0.4) is 0 Å². The standard InChI is InChI=1S/C12H8FN3O2/c1-5(17)8-4-9-10-6(12(18)16-15-9)2-3-7(13)11(10)14-8/h2-4,14,17H,1H3. The Labute approximate surface area is 99.9 Å². The zero-order chi connectivity index (χ0) is 12.9. The Morgan fingerprint density at radius 2 is 2.17 bits per heavy atom. The number of aliphatic hydroxyl groups excluding tert-OH is 1. The van der Waals surface area contributed by atoms with Crippen LogP contribution in [0, 0.1) is 5.82 Å². The predicted octanol–water partition coefficient (Wildman–Crippen LogP) is 0.967. The molecule has 0 atom stereocenters. The first kappa shape index (κ1) is 10.6. The van der Waals surface area contributed by atoms with E-state index in [-0.39, 0.29) is 11.3 Å². The van der Waals surface area contributed by atoms with Gasteiger partial charge in [0.2, 0.25) is 0 Å². The Morgan fingerprint density at radius 1 is 1.39 bits per heavy atom. The van der Waals surface area contributed by atoms with E-state index in [1.54, 1.807) is 0 Å². The fourth-order valence-corrected chi connectivity index (χ4v) is 1.95. The lowest BCUT2D eigenvalue weighted by atomic mass is 10.0. The zero-order valence-corrected chi connectivity index (χ0v) is 9.36. The molecule has 0 amide bonds. The molecular weight excluding hydrogens is 237 g/mol. The van der Waals surface area contributed by atoms with Gasteiger partial charge in [-0.3, -0.25) is 4.79 Å². The summed E-state index contributed by atoms with van der Waals surface area (Å²) in [5.74, 6) is -0.506. The number of benzene rings is 1. The largest absolute Gasteiger partial charge is 0.510 e. The van der Waals surface area contributed by atoms with Gasteiger partial charge in [-0.15, -0.1) is 10.2 Å². The molecule has 0 unspecified atom stereocenters. The van der Waals surface area contributed by atoms with Gasteiger partial charge in [-0.25, -0.2) is 4.39 Å². The second-order valence-electron chi connectivity index (χ2n) is 4.00. The Hall–Kier alpha value is -2.50. The number of pyridine rings is 1. The molecule has 90 valence electrons. The molecule has 6 heteroatoms. The first-order valence-corrected chi connectivity index (χ1v) is 5.25. The average Bonchev–Trinajstić information content (AvgIpc) is 2.35. The second-order valence-corrected chi connectivity index (χ2v) is 4.00. The number of aliphatic hydroxyl groups is 1. The van der Waals surface area contributed by atoms with E-state index in [0.717, 1.165) is 0 Å². The van der Waals surface area contributed by atoms with E-state index in [9.17, 15) is 14.3 Å². The fourth-order valence-electron chi connectivity index (χ4n) is 1.95. The minimum atomic E-state index is -0.511. The molecule has 0 aliphatic carbocycles. The lowest BCUT2D eigenvalue weighted by Crippen LogP contribution is -2.18. The van der Waals surface area contributed by atoms with Gasteiger partial charge in [0, 0.05) is 5.56 Å². The van der Waals surface area contributed by atoms with Crippen molar-refractivity contribution in [3.8, 4) is 11.3 Å². The van der Waals surface area contributed by atoms with Gasteiger partial charge in [0.25, 0.3) is 5.56 Å². The summed E-state index contributed by atoms with van der Waals surface area (Å²) >= 11 is 0. The highest BCUT2D eigenvalue weighted by Crippen LogP contribution is 2.27. The lowest BCUT2D eigenvalue weighted by Gasteiger charge is -2.09. The summed E-state index contributed by atoms with van der Waals surface area (Å²) in [6.45, 7) is 1.47. The molecule has 5 nitrogen and oxygen atoms in total. The van der Waals surface area contributed by atoms with Gasteiger partial charge in [0.1, 0.15) is 11.6 Å². The number of hydrogen-bond acceptors (Lipinski definition) is 4. The minimum absolute atomic E-state index is 0.00468. The number of hydrogen-bond donors (Lipinski definition) is 2. The number of nitrogens with one attached hydrogen (secondary N) is 1. The van der Waals surface area contributed by atoms with Crippen LogP contribution < -0.4 is 10.9 Å². The van der Waals surface area contributed by atoms with Gasteiger partial charge in [-0.1, -0.05) is 0 Å². The number of aromatic nitrogens is 3. The van der Waals surface area contributed by atoms with Crippen molar-refractivity contribution in [2.75, 3.05) is 0 Å². The SMILES string of the molecule is CC(O)=c1cc2nnc(=O)c3ccc(F)c([nH]1)c3-2. The number of nitrogens with zero attached hydrogens (tertiary/aromatic N) is 2. The molecule has 0 radical (unpaired) electrons. The van der Waals surface area contributed by atoms with Crippen LogP contribution in [-0.2, 0) is 0 Å². The minimum Gasteiger partial charge on any atom is -0.510 e. The molecule has 0 fully saturated rings. The van der Waals surface area contributed by atoms with E-state index in [4.69, 9.17) is 0 Å². The van der Waals surface area contributed by atoms with Crippen LogP contribution in [0.25, 0.3) is 27.9 Å². The molecule has 2 heterocycles.